The van der Waals surface area contributed by atoms with Crippen LogP contribution in [0.25, 0.3) is 6.08 Å². The van der Waals surface area contributed by atoms with E-state index in [2.05, 4.69) is 10.4 Å². The summed E-state index contributed by atoms with van der Waals surface area (Å²) in [6, 6.07) is 9.74. The standard InChI is InChI=1S/C17H18N4OS/c1-3-20-11-13(10-18-20)9-15-16(22)21(17(23)19-15)12(2)14-7-5-4-6-8-14/h4-12H,3H2,1-2H3,(H,19,23)/b15-9-. The molecule has 1 aromatic heterocycles. The molecular weight excluding hydrogens is 308 g/mol. The van der Waals surface area contributed by atoms with E-state index in [1.54, 1.807) is 17.2 Å². The van der Waals surface area contributed by atoms with Crippen LogP contribution >= 0.6 is 12.2 Å². The monoisotopic (exact) mass is 326 g/mol. The summed E-state index contributed by atoms with van der Waals surface area (Å²) in [5, 5.41) is 7.65. The lowest BCUT2D eigenvalue weighted by Gasteiger charge is -2.23. The molecule has 0 radical (unpaired) electrons. The summed E-state index contributed by atoms with van der Waals surface area (Å²) in [7, 11) is 0. The van der Waals surface area contributed by atoms with Gasteiger partial charge in [-0.05, 0) is 37.7 Å². The second-order valence-electron chi connectivity index (χ2n) is 5.38. The Balaban J connectivity index is 1.85. The Morgan fingerprint density at radius 2 is 2.09 bits per heavy atom. The van der Waals surface area contributed by atoms with Gasteiger partial charge in [-0.1, -0.05) is 30.3 Å². The average Bonchev–Trinajstić information content (AvgIpc) is 3.13. The van der Waals surface area contributed by atoms with Crippen LogP contribution in [0.3, 0.4) is 0 Å². The zero-order valence-corrected chi connectivity index (χ0v) is 13.9. The van der Waals surface area contributed by atoms with E-state index in [9.17, 15) is 4.79 Å². The van der Waals surface area contributed by atoms with E-state index >= 15 is 0 Å². The second-order valence-corrected chi connectivity index (χ2v) is 5.77. The first-order valence-electron chi connectivity index (χ1n) is 7.53. The Morgan fingerprint density at radius 3 is 2.74 bits per heavy atom. The van der Waals surface area contributed by atoms with Gasteiger partial charge in [0.25, 0.3) is 5.91 Å². The van der Waals surface area contributed by atoms with E-state index in [0.717, 1.165) is 17.7 Å². The van der Waals surface area contributed by atoms with Crippen molar-refractivity contribution in [3.8, 4) is 0 Å². The molecule has 1 aliphatic rings. The van der Waals surface area contributed by atoms with E-state index in [4.69, 9.17) is 12.2 Å². The Kier molecular flexibility index (Phi) is 4.25. The number of rotatable bonds is 4. The highest BCUT2D eigenvalue weighted by Crippen LogP contribution is 2.26. The molecule has 6 heteroatoms. The molecule has 1 N–H and O–H groups in total. The van der Waals surface area contributed by atoms with Crippen LogP contribution in [-0.4, -0.2) is 25.7 Å². The first kappa shape index (κ1) is 15.4. The minimum absolute atomic E-state index is 0.115. The van der Waals surface area contributed by atoms with E-state index in [1.165, 1.54) is 0 Å². The molecule has 5 nitrogen and oxygen atoms in total. The lowest BCUT2D eigenvalue weighted by molar-refractivity contribution is -0.123. The van der Waals surface area contributed by atoms with Gasteiger partial charge in [0.05, 0.1) is 12.2 Å². The molecule has 0 aliphatic carbocycles. The number of carbonyl (C=O) groups excluding carboxylic acids is 1. The minimum Gasteiger partial charge on any atom is -0.328 e. The Labute approximate surface area is 140 Å². The Hall–Kier alpha value is -2.47. The molecule has 2 aromatic rings. The van der Waals surface area contributed by atoms with Gasteiger partial charge < -0.3 is 5.32 Å². The van der Waals surface area contributed by atoms with Crippen LogP contribution in [-0.2, 0) is 11.3 Å². The molecule has 23 heavy (non-hydrogen) atoms. The van der Waals surface area contributed by atoms with Gasteiger partial charge in [0.2, 0.25) is 0 Å². The summed E-state index contributed by atoms with van der Waals surface area (Å²) < 4.78 is 1.81. The minimum atomic E-state index is -0.118. The van der Waals surface area contributed by atoms with E-state index < -0.39 is 0 Å². The molecule has 1 atom stereocenters. The fraction of sp³-hybridized carbons (Fsp3) is 0.235. The number of aryl methyl sites for hydroxylation is 1. The first-order chi connectivity index (χ1) is 11.1. The summed E-state index contributed by atoms with van der Waals surface area (Å²) in [6.07, 6.45) is 5.41. The molecule has 1 fully saturated rings. The molecule has 1 aromatic carbocycles. The molecule has 1 aliphatic heterocycles. The Morgan fingerprint density at radius 1 is 1.35 bits per heavy atom. The Bertz CT molecular complexity index is 766. The topological polar surface area (TPSA) is 50.2 Å². The van der Waals surface area contributed by atoms with Crippen LogP contribution in [0.2, 0.25) is 0 Å². The summed E-state index contributed by atoms with van der Waals surface area (Å²) in [4.78, 5) is 14.3. The number of aromatic nitrogens is 2. The van der Waals surface area contributed by atoms with Gasteiger partial charge in [-0.2, -0.15) is 5.10 Å². The predicted octanol–water partition coefficient (Wildman–Crippen LogP) is 2.72. The maximum atomic E-state index is 12.7. The molecule has 2 heterocycles. The van der Waals surface area contributed by atoms with Crippen LogP contribution in [0.15, 0.2) is 48.4 Å². The van der Waals surface area contributed by atoms with Gasteiger partial charge in [-0.15, -0.1) is 0 Å². The number of nitrogens with one attached hydrogen (secondary N) is 1. The van der Waals surface area contributed by atoms with Gasteiger partial charge in [0.1, 0.15) is 5.70 Å². The second kappa shape index (κ2) is 6.34. The number of hydrogen-bond acceptors (Lipinski definition) is 3. The van der Waals surface area contributed by atoms with Crippen molar-refractivity contribution in [3.05, 3.63) is 59.5 Å². The van der Waals surface area contributed by atoms with Crippen molar-refractivity contribution >= 4 is 29.3 Å². The SMILES string of the molecule is CCn1cc(/C=C2\NC(=S)N(C(C)c3ccccc3)C2=O)cn1. The van der Waals surface area contributed by atoms with Gasteiger partial charge in [0.15, 0.2) is 5.11 Å². The molecule has 1 amide bonds. The van der Waals surface area contributed by atoms with Crippen LogP contribution < -0.4 is 5.32 Å². The predicted molar refractivity (Wildman–Crippen MR) is 93.3 cm³/mol. The smallest absolute Gasteiger partial charge is 0.277 e. The van der Waals surface area contributed by atoms with E-state index in [-0.39, 0.29) is 11.9 Å². The van der Waals surface area contributed by atoms with Crippen LogP contribution in [0, 0.1) is 0 Å². The maximum absolute atomic E-state index is 12.7. The molecule has 118 valence electrons. The molecule has 0 saturated carbocycles. The molecule has 0 bridgehead atoms. The fourth-order valence-electron chi connectivity index (χ4n) is 2.57. The highest BCUT2D eigenvalue weighted by molar-refractivity contribution is 7.80. The van der Waals surface area contributed by atoms with Crippen molar-refractivity contribution in [2.24, 2.45) is 0 Å². The van der Waals surface area contributed by atoms with Crippen molar-refractivity contribution in [3.63, 3.8) is 0 Å². The number of nitrogens with zero attached hydrogens (tertiary/aromatic N) is 3. The normalized spacial score (nSPS) is 17.7. The van der Waals surface area contributed by atoms with Crippen LogP contribution in [0.1, 0.15) is 31.0 Å². The van der Waals surface area contributed by atoms with Crippen LogP contribution in [0.4, 0.5) is 0 Å². The lowest BCUT2D eigenvalue weighted by atomic mass is 10.1. The highest BCUT2D eigenvalue weighted by atomic mass is 32.1. The molecular formula is C17H18N4OS. The number of benzene rings is 1. The highest BCUT2D eigenvalue weighted by Gasteiger charge is 2.34. The third-order valence-electron chi connectivity index (χ3n) is 3.87. The molecule has 1 saturated heterocycles. The largest absolute Gasteiger partial charge is 0.328 e. The van der Waals surface area contributed by atoms with E-state index in [0.29, 0.717) is 10.8 Å². The van der Waals surface area contributed by atoms with Gasteiger partial charge in [-0.25, -0.2) is 0 Å². The summed E-state index contributed by atoms with van der Waals surface area (Å²) in [6.45, 7) is 4.78. The van der Waals surface area contributed by atoms with Crippen LogP contribution in [0.5, 0.6) is 0 Å². The fourth-order valence-corrected chi connectivity index (χ4v) is 2.93. The van der Waals surface area contributed by atoms with Gasteiger partial charge in [-0.3, -0.25) is 14.4 Å². The van der Waals surface area contributed by atoms with E-state index in [1.807, 2.05) is 55.1 Å². The van der Waals surface area contributed by atoms with Crippen molar-refractivity contribution in [2.75, 3.05) is 0 Å². The maximum Gasteiger partial charge on any atom is 0.277 e. The molecule has 0 spiro atoms. The third-order valence-corrected chi connectivity index (χ3v) is 4.17. The average molecular weight is 326 g/mol. The zero-order chi connectivity index (χ0) is 16.4. The number of amides is 1. The van der Waals surface area contributed by atoms with Crippen molar-refractivity contribution in [1.29, 1.82) is 0 Å². The zero-order valence-electron chi connectivity index (χ0n) is 13.1. The molecule has 3 rings (SSSR count). The number of thiocarbonyl (C=S) groups is 1. The molecule has 1 unspecified atom stereocenters. The summed E-state index contributed by atoms with van der Waals surface area (Å²) in [5.41, 5.74) is 2.40. The quantitative estimate of drug-likeness (QED) is 0.693. The number of hydrogen-bond donors (Lipinski definition) is 1. The van der Waals surface area contributed by atoms with Crippen molar-refractivity contribution < 1.29 is 4.79 Å². The van der Waals surface area contributed by atoms with Gasteiger partial charge in [0, 0.05) is 18.3 Å². The summed E-state index contributed by atoms with van der Waals surface area (Å²) >= 11 is 5.35. The van der Waals surface area contributed by atoms with Crippen molar-refractivity contribution in [1.82, 2.24) is 20.0 Å². The van der Waals surface area contributed by atoms with Gasteiger partial charge >= 0.3 is 0 Å². The lowest BCUT2D eigenvalue weighted by Crippen LogP contribution is -2.33. The van der Waals surface area contributed by atoms with Crippen molar-refractivity contribution in [2.45, 2.75) is 26.4 Å². The summed E-state index contributed by atoms with van der Waals surface area (Å²) in [5.74, 6) is -0.115. The number of carbonyl (C=O) groups is 1. The first-order valence-corrected chi connectivity index (χ1v) is 7.94. The third kappa shape index (κ3) is 3.03.